The molecule has 5 heteroatoms. The van der Waals surface area contributed by atoms with Gasteiger partial charge in [0.1, 0.15) is 0 Å². The van der Waals surface area contributed by atoms with E-state index in [1.807, 2.05) is 0 Å². The van der Waals surface area contributed by atoms with Crippen LogP contribution in [0.25, 0.3) is 0 Å². The van der Waals surface area contributed by atoms with Crippen molar-refractivity contribution in [3.63, 3.8) is 0 Å². The molecule has 0 radical (unpaired) electrons. The number of nitrogen functional groups attached to an aromatic ring is 1. The van der Waals surface area contributed by atoms with Crippen LogP contribution in [0.15, 0.2) is 24.3 Å². The summed E-state index contributed by atoms with van der Waals surface area (Å²) in [6.45, 7) is 0.196. The number of carbonyl (C=O) groups excluding carboxylic acids is 1. The molecule has 1 aromatic carbocycles. The molecule has 92 valence electrons. The van der Waals surface area contributed by atoms with Crippen LogP contribution >= 0.6 is 0 Å². The summed E-state index contributed by atoms with van der Waals surface area (Å²) in [6, 6.07) is 6.57. The Morgan fingerprint density at radius 2 is 1.94 bits per heavy atom. The highest BCUT2D eigenvalue weighted by atomic mass is 19.3. The van der Waals surface area contributed by atoms with Gasteiger partial charge in [-0.1, -0.05) is 6.07 Å². The Balaban J connectivity index is 2.07. The number of rotatable bonds is 1. The zero-order valence-corrected chi connectivity index (χ0v) is 9.33. The first-order valence-electron chi connectivity index (χ1n) is 5.51. The largest absolute Gasteiger partial charge is 0.399 e. The van der Waals surface area contributed by atoms with Crippen molar-refractivity contribution in [1.82, 2.24) is 4.90 Å². The van der Waals surface area contributed by atoms with Crippen molar-refractivity contribution in [2.24, 2.45) is 0 Å². The Kier molecular flexibility index (Phi) is 3.00. The highest BCUT2D eigenvalue weighted by Gasteiger charge is 2.35. The fourth-order valence-electron chi connectivity index (χ4n) is 1.89. The number of amides is 1. The summed E-state index contributed by atoms with van der Waals surface area (Å²) in [6.07, 6.45) is -0.526. The van der Waals surface area contributed by atoms with Gasteiger partial charge in [0.05, 0.1) is 0 Å². The molecule has 0 atom stereocenters. The quantitative estimate of drug-likeness (QED) is 0.764. The lowest BCUT2D eigenvalue weighted by atomic mass is 10.1. The monoisotopic (exact) mass is 240 g/mol. The van der Waals surface area contributed by atoms with Gasteiger partial charge in [0.25, 0.3) is 11.8 Å². The van der Waals surface area contributed by atoms with Crippen LogP contribution in [-0.2, 0) is 0 Å². The van der Waals surface area contributed by atoms with Crippen LogP contribution in [-0.4, -0.2) is 29.8 Å². The van der Waals surface area contributed by atoms with E-state index in [-0.39, 0.29) is 31.8 Å². The molecule has 0 aliphatic carbocycles. The van der Waals surface area contributed by atoms with Gasteiger partial charge in [-0.05, 0) is 18.2 Å². The maximum atomic E-state index is 12.9. The molecule has 1 aliphatic rings. The van der Waals surface area contributed by atoms with Crippen LogP contribution in [0.4, 0.5) is 14.5 Å². The molecule has 0 saturated carbocycles. The third kappa shape index (κ3) is 2.72. The molecule has 2 rings (SSSR count). The first-order valence-corrected chi connectivity index (χ1v) is 5.51. The minimum absolute atomic E-state index is 0.0978. The van der Waals surface area contributed by atoms with Crippen molar-refractivity contribution in [3.8, 4) is 0 Å². The Morgan fingerprint density at radius 1 is 1.29 bits per heavy atom. The third-order valence-corrected chi connectivity index (χ3v) is 2.92. The van der Waals surface area contributed by atoms with Crippen molar-refractivity contribution >= 4 is 11.6 Å². The van der Waals surface area contributed by atoms with Crippen LogP contribution in [0.2, 0.25) is 0 Å². The third-order valence-electron chi connectivity index (χ3n) is 2.92. The standard InChI is InChI=1S/C12H14F2N2O/c13-12(14)4-6-16(7-5-12)11(17)9-2-1-3-10(15)8-9/h1-3,8H,4-7,15H2. The summed E-state index contributed by atoms with van der Waals surface area (Å²) in [4.78, 5) is 13.4. The predicted molar refractivity (Wildman–Crippen MR) is 60.9 cm³/mol. The Bertz CT molecular complexity index is 424. The number of nitrogens with two attached hydrogens (primary N) is 1. The minimum atomic E-state index is -2.63. The van der Waals surface area contributed by atoms with Gasteiger partial charge >= 0.3 is 0 Å². The number of piperidine rings is 1. The van der Waals surface area contributed by atoms with Crippen LogP contribution in [0.5, 0.6) is 0 Å². The van der Waals surface area contributed by atoms with Crippen molar-refractivity contribution < 1.29 is 13.6 Å². The molecule has 3 nitrogen and oxygen atoms in total. The Labute approximate surface area is 98.2 Å². The van der Waals surface area contributed by atoms with Crippen molar-refractivity contribution in [2.45, 2.75) is 18.8 Å². The number of benzene rings is 1. The summed E-state index contributed by atoms with van der Waals surface area (Å²) in [5.74, 6) is -2.86. The Hall–Kier alpha value is -1.65. The number of hydrogen-bond acceptors (Lipinski definition) is 2. The van der Waals surface area contributed by atoms with Gasteiger partial charge in [-0.2, -0.15) is 0 Å². The summed E-state index contributed by atoms with van der Waals surface area (Å²) in [5, 5.41) is 0. The molecule has 1 aliphatic heterocycles. The fourth-order valence-corrected chi connectivity index (χ4v) is 1.89. The molecule has 0 aromatic heterocycles. The van der Waals surface area contributed by atoms with E-state index in [0.717, 1.165) is 0 Å². The number of anilines is 1. The maximum absolute atomic E-state index is 12.9. The fraction of sp³-hybridized carbons (Fsp3) is 0.417. The molecular weight excluding hydrogens is 226 g/mol. The number of likely N-dealkylation sites (tertiary alicyclic amines) is 1. The molecular formula is C12H14F2N2O. The van der Waals surface area contributed by atoms with Crippen LogP contribution in [0, 0.1) is 0 Å². The summed E-state index contributed by atoms with van der Waals surface area (Å²) in [5.41, 5.74) is 6.53. The molecule has 17 heavy (non-hydrogen) atoms. The average Bonchev–Trinajstić information content (AvgIpc) is 2.28. The van der Waals surface area contributed by atoms with Crippen molar-refractivity contribution in [2.75, 3.05) is 18.8 Å². The van der Waals surface area contributed by atoms with Gasteiger partial charge in [0, 0.05) is 37.2 Å². The summed E-state index contributed by atoms with van der Waals surface area (Å²) < 4.78 is 25.9. The molecule has 1 fully saturated rings. The lowest BCUT2D eigenvalue weighted by molar-refractivity contribution is -0.0494. The van der Waals surface area contributed by atoms with E-state index < -0.39 is 5.92 Å². The normalized spacial score (nSPS) is 19.1. The number of halogens is 2. The summed E-state index contributed by atoms with van der Waals surface area (Å²) in [7, 11) is 0. The first-order chi connectivity index (χ1) is 7.98. The number of hydrogen-bond donors (Lipinski definition) is 1. The molecule has 1 saturated heterocycles. The van der Waals surface area contributed by atoms with E-state index in [9.17, 15) is 13.6 Å². The van der Waals surface area contributed by atoms with Crippen LogP contribution < -0.4 is 5.73 Å². The maximum Gasteiger partial charge on any atom is 0.253 e. The highest BCUT2D eigenvalue weighted by Crippen LogP contribution is 2.28. The molecule has 0 unspecified atom stereocenters. The predicted octanol–water partition coefficient (Wildman–Crippen LogP) is 2.14. The molecule has 2 N–H and O–H groups in total. The van der Waals surface area contributed by atoms with Crippen molar-refractivity contribution in [1.29, 1.82) is 0 Å². The van der Waals surface area contributed by atoms with Gasteiger partial charge in [-0.15, -0.1) is 0 Å². The summed E-state index contributed by atoms with van der Waals surface area (Å²) >= 11 is 0. The van der Waals surface area contributed by atoms with Gasteiger partial charge < -0.3 is 10.6 Å². The van der Waals surface area contributed by atoms with Gasteiger partial charge in [0.2, 0.25) is 0 Å². The smallest absolute Gasteiger partial charge is 0.253 e. The van der Waals surface area contributed by atoms with E-state index in [0.29, 0.717) is 11.3 Å². The van der Waals surface area contributed by atoms with Gasteiger partial charge in [-0.25, -0.2) is 8.78 Å². The van der Waals surface area contributed by atoms with Crippen LogP contribution in [0.1, 0.15) is 23.2 Å². The topological polar surface area (TPSA) is 46.3 Å². The second kappa shape index (κ2) is 4.31. The number of nitrogens with zero attached hydrogens (tertiary/aromatic N) is 1. The average molecular weight is 240 g/mol. The second-order valence-electron chi connectivity index (χ2n) is 4.27. The van der Waals surface area contributed by atoms with E-state index in [4.69, 9.17) is 5.73 Å². The Morgan fingerprint density at radius 3 is 2.53 bits per heavy atom. The second-order valence-corrected chi connectivity index (χ2v) is 4.27. The SMILES string of the molecule is Nc1cccc(C(=O)N2CCC(F)(F)CC2)c1. The molecule has 1 heterocycles. The number of alkyl halides is 2. The molecule has 1 aromatic rings. The molecule has 0 spiro atoms. The van der Waals surface area contributed by atoms with Crippen molar-refractivity contribution in [3.05, 3.63) is 29.8 Å². The number of carbonyl (C=O) groups is 1. The lowest BCUT2D eigenvalue weighted by Gasteiger charge is -2.31. The van der Waals surface area contributed by atoms with E-state index in [1.54, 1.807) is 24.3 Å². The van der Waals surface area contributed by atoms with E-state index >= 15 is 0 Å². The lowest BCUT2D eigenvalue weighted by Crippen LogP contribution is -2.42. The molecule has 1 amide bonds. The minimum Gasteiger partial charge on any atom is -0.399 e. The zero-order valence-electron chi connectivity index (χ0n) is 9.33. The highest BCUT2D eigenvalue weighted by molar-refractivity contribution is 5.95. The van der Waals surface area contributed by atoms with E-state index in [2.05, 4.69) is 0 Å². The van der Waals surface area contributed by atoms with E-state index in [1.165, 1.54) is 4.90 Å². The van der Waals surface area contributed by atoms with Gasteiger partial charge in [-0.3, -0.25) is 4.79 Å². The molecule has 0 bridgehead atoms. The zero-order chi connectivity index (χ0) is 12.5. The van der Waals surface area contributed by atoms with Crippen LogP contribution in [0.3, 0.4) is 0 Å². The van der Waals surface area contributed by atoms with Gasteiger partial charge in [0.15, 0.2) is 0 Å². The first kappa shape index (κ1) is 11.8.